The molecule has 0 fully saturated rings. The van der Waals surface area contributed by atoms with Crippen LogP contribution in [-0.2, 0) is 0 Å². The molecule has 8 nitrogen and oxygen atoms in total. The summed E-state index contributed by atoms with van der Waals surface area (Å²) in [5.74, 6) is -0.717. The summed E-state index contributed by atoms with van der Waals surface area (Å²) < 4.78 is 0. The van der Waals surface area contributed by atoms with Gasteiger partial charge in [-0.2, -0.15) is 5.26 Å². The van der Waals surface area contributed by atoms with Gasteiger partial charge in [-0.25, -0.2) is 4.99 Å². The number of carbonyl (C=O) groups is 1. The van der Waals surface area contributed by atoms with E-state index in [1.165, 1.54) is 12.1 Å². The zero-order chi connectivity index (χ0) is 14.4. The Morgan fingerprint density at radius 3 is 2.79 bits per heavy atom. The minimum Gasteiger partial charge on any atom is -0.366 e. The van der Waals surface area contributed by atoms with Crippen LogP contribution in [0.3, 0.4) is 0 Å². The van der Waals surface area contributed by atoms with Crippen molar-refractivity contribution in [3.05, 3.63) is 33.9 Å². The highest BCUT2D eigenvalue weighted by Crippen LogP contribution is 2.29. The fourth-order valence-electron chi connectivity index (χ4n) is 1.20. The second-order valence-electron chi connectivity index (χ2n) is 3.18. The number of nitriles is 1. The highest BCUT2D eigenvalue weighted by Gasteiger charge is 2.16. The highest BCUT2D eigenvalue weighted by atomic mass is 32.2. The number of hydrogen-bond acceptors (Lipinski definition) is 6. The Morgan fingerprint density at radius 1 is 1.63 bits per heavy atom. The monoisotopic (exact) mass is 279 g/mol. The quantitative estimate of drug-likeness (QED) is 0.212. The first-order valence-corrected chi connectivity index (χ1v) is 6.08. The van der Waals surface area contributed by atoms with Gasteiger partial charge in [0.1, 0.15) is 5.69 Å². The van der Waals surface area contributed by atoms with E-state index >= 15 is 0 Å². The van der Waals surface area contributed by atoms with Gasteiger partial charge in [-0.05, 0) is 18.4 Å². The van der Waals surface area contributed by atoms with Crippen molar-refractivity contribution in [1.29, 1.82) is 5.26 Å². The average molecular weight is 279 g/mol. The lowest BCUT2D eigenvalue weighted by atomic mass is 10.1. The molecule has 0 aliphatic rings. The molecular formula is C10H9N5O3S. The van der Waals surface area contributed by atoms with Crippen LogP contribution < -0.4 is 11.1 Å². The second kappa shape index (κ2) is 6.36. The third-order valence-electron chi connectivity index (χ3n) is 2.03. The van der Waals surface area contributed by atoms with Gasteiger partial charge in [0.25, 0.3) is 5.69 Å². The maximum atomic E-state index is 11.0. The van der Waals surface area contributed by atoms with Gasteiger partial charge in [0.2, 0.25) is 5.91 Å². The van der Waals surface area contributed by atoms with Crippen molar-refractivity contribution >= 4 is 34.2 Å². The smallest absolute Gasteiger partial charge is 0.294 e. The van der Waals surface area contributed by atoms with Crippen LogP contribution in [0, 0.1) is 21.6 Å². The van der Waals surface area contributed by atoms with E-state index in [1.54, 1.807) is 12.4 Å². The molecule has 0 aliphatic heterocycles. The Bertz CT molecular complexity index is 593. The molecule has 1 amide bonds. The van der Waals surface area contributed by atoms with E-state index in [9.17, 15) is 14.9 Å². The summed E-state index contributed by atoms with van der Waals surface area (Å²) in [6.45, 7) is 0. The van der Waals surface area contributed by atoms with Crippen LogP contribution in [0.1, 0.15) is 10.4 Å². The third-order valence-corrected chi connectivity index (χ3v) is 2.61. The molecule has 0 aliphatic carbocycles. The van der Waals surface area contributed by atoms with Crippen LogP contribution in [-0.4, -0.2) is 22.3 Å². The standard InChI is InChI=1S/C10H9N5O3S/c1-19-10(13-5-11)14-7-4-6(9(12)16)2-3-8(7)15(17)18/h2-4H,1H3,(H2,12,16)(H,13,14). The highest BCUT2D eigenvalue weighted by molar-refractivity contribution is 8.13. The molecule has 98 valence electrons. The summed E-state index contributed by atoms with van der Waals surface area (Å²) in [6, 6.07) is 3.59. The van der Waals surface area contributed by atoms with E-state index in [0.29, 0.717) is 0 Å². The summed E-state index contributed by atoms with van der Waals surface area (Å²) in [7, 11) is 0. The zero-order valence-corrected chi connectivity index (χ0v) is 10.6. The van der Waals surface area contributed by atoms with E-state index in [0.717, 1.165) is 17.8 Å². The number of thioether (sulfide) groups is 1. The molecule has 0 aromatic heterocycles. The van der Waals surface area contributed by atoms with Crippen molar-refractivity contribution in [2.75, 3.05) is 6.26 Å². The number of nitro groups is 1. The molecule has 0 spiro atoms. The summed E-state index contributed by atoms with van der Waals surface area (Å²) >= 11 is 1.10. The molecule has 0 saturated carbocycles. The third kappa shape index (κ3) is 3.68. The number of amidine groups is 1. The number of rotatable bonds is 3. The van der Waals surface area contributed by atoms with Crippen LogP contribution in [0.25, 0.3) is 0 Å². The van der Waals surface area contributed by atoms with Crippen molar-refractivity contribution < 1.29 is 9.72 Å². The number of primary amides is 1. The molecule has 0 atom stereocenters. The molecule has 0 bridgehead atoms. The second-order valence-corrected chi connectivity index (χ2v) is 3.98. The van der Waals surface area contributed by atoms with Crippen molar-refractivity contribution in [3.8, 4) is 6.19 Å². The first kappa shape index (κ1) is 14.5. The maximum Gasteiger partial charge on any atom is 0.294 e. The van der Waals surface area contributed by atoms with Gasteiger partial charge in [-0.15, -0.1) is 0 Å². The molecule has 0 heterocycles. The Hall–Kier alpha value is -2.60. The molecule has 3 N–H and O–H groups in total. The van der Waals surface area contributed by atoms with Crippen LogP contribution >= 0.6 is 11.8 Å². The summed E-state index contributed by atoms with van der Waals surface area (Å²) in [5.41, 5.74) is 4.87. The average Bonchev–Trinajstić information content (AvgIpc) is 2.37. The summed E-state index contributed by atoms with van der Waals surface area (Å²) in [5, 5.41) is 21.8. The molecular weight excluding hydrogens is 270 g/mol. The van der Waals surface area contributed by atoms with Crippen LogP contribution in [0.15, 0.2) is 23.2 Å². The Balaban J connectivity index is 3.36. The summed E-state index contributed by atoms with van der Waals surface area (Å²) in [4.78, 5) is 25.2. The topological polar surface area (TPSA) is 134 Å². The number of amides is 1. The number of benzene rings is 1. The number of nitro benzene ring substituents is 1. The Morgan fingerprint density at radius 2 is 2.32 bits per heavy atom. The minimum absolute atomic E-state index is 0.0478. The fraction of sp³-hybridized carbons (Fsp3) is 0.100. The molecule has 0 unspecified atom stereocenters. The molecule has 0 radical (unpaired) electrons. The van der Waals surface area contributed by atoms with E-state index in [4.69, 9.17) is 11.0 Å². The van der Waals surface area contributed by atoms with Gasteiger partial charge >= 0.3 is 0 Å². The number of nitrogens with two attached hydrogens (primary N) is 1. The predicted molar refractivity (Wildman–Crippen MR) is 71.0 cm³/mol. The van der Waals surface area contributed by atoms with Gasteiger partial charge in [0.05, 0.1) is 4.92 Å². The predicted octanol–water partition coefficient (Wildman–Crippen LogP) is 1.11. The number of nitrogens with one attached hydrogen (secondary N) is 1. The number of nitrogens with zero attached hydrogens (tertiary/aromatic N) is 3. The molecule has 1 rings (SSSR count). The Labute approximate surface area is 112 Å². The largest absolute Gasteiger partial charge is 0.366 e. The van der Waals surface area contributed by atoms with Crippen LogP contribution in [0.4, 0.5) is 11.4 Å². The lowest BCUT2D eigenvalue weighted by molar-refractivity contribution is -0.384. The van der Waals surface area contributed by atoms with Gasteiger partial charge in [0, 0.05) is 11.6 Å². The molecule has 19 heavy (non-hydrogen) atoms. The SMILES string of the molecule is CSC(=Nc1cc(C(N)=O)ccc1[N+](=O)[O-])NC#N. The van der Waals surface area contributed by atoms with Crippen molar-refractivity contribution in [3.63, 3.8) is 0 Å². The lowest BCUT2D eigenvalue weighted by Gasteiger charge is -2.02. The van der Waals surface area contributed by atoms with Gasteiger partial charge < -0.3 is 5.73 Å². The molecule has 1 aromatic rings. The maximum absolute atomic E-state index is 11.0. The van der Waals surface area contributed by atoms with Crippen molar-refractivity contribution in [2.45, 2.75) is 0 Å². The minimum atomic E-state index is -0.717. The van der Waals surface area contributed by atoms with Crippen LogP contribution in [0.2, 0.25) is 0 Å². The summed E-state index contributed by atoms with van der Waals surface area (Å²) in [6.07, 6.45) is 3.31. The number of carbonyl (C=O) groups excluding carboxylic acids is 1. The van der Waals surface area contributed by atoms with Crippen molar-refractivity contribution in [2.24, 2.45) is 10.7 Å². The first-order chi connectivity index (χ1) is 8.99. The van der Waals surface area contributed by atoms with E-state index in [2.05, 4.69) is 10.3 Å². The number of aliphatic imine (C=N–C) groups is 1. The van der Waals surface area contributed by atoms with Gasteiger partial charge in [0.15, 0.2) is 11.4 Å². The normalized spacial score (nSPS) is 10.6. The molecule has 9 heteroatoms. The van der Waals surface area contributed by atoms with Gasteiger partial charge in [-0.1, -0.05) is 11.8 Å². The van der Waals surface area contributed by atoms with Crippen LogP contribution in [0.5, 0.6) is 0 Å². The van der Waals surface area contributed by atoms with Crippen molar-refractivity contribution in [1.82, 2.24) is 5.32 Å². The Kier molecular flexibility index (Phi) is 4.84. The molecule has 1 aromatic carbocycles. The van der Waals surface area contributed by atoms with E-state index in [1.807, 2.05) is 0 Å². The first-order valence-electron chi connectivity index (χ1n) is 4.85. The van der Waals surface area contributed by atoms with E-state index < -0.39 is 10.8 Å². The fourth-order valence-corrected chi connectivity index (χ4v) is 1.54. The van der Waals surface area contributed by atoms with E-state index in [-0.39, 0.29) is 22.1 Å². The zero-order valence-electron chi connectivity index (χ0n) is 9.78. The molecule has 0 saturated heterocycles. The number of hydrogen-bond donors (Lipinski definition) is 2. The van der Waals surface area contributed by atoms with Gasteiger partial charge in [-0.3, -0.25) is 20.2 Å². The lowest BCUT2D eigenvalue weighted by Crippen LogP contribution is -2.13.